The zero-order valence-electron chi connectivity index (χ0n) is 21.5. The van der Waals surface area contributed by atoms with E-state index in [9.17, 15) is 27.2 Å². The van der Waals surface area contributed by atoms with E-state index in [1.54, 1.807) is 4.90 Å². The standard InChI is InChI=1S/C30H28ClF4N3O2/c31-24-11-6-12-25(32)27(24)29(40)38-17-20-15-37(16-21(20)18-38)14-13-26(19-7-2-1-3-8-19)36-28(39)22-9-4-5-10-23(22)30(33,34)35/h1-12,20-21,26H,13-18H2,(H,36,39)/t20-,21?,26?/m0/s1. The zero-order chi connectivity index (χ0) is 28.4. The highest BCUT2D eigenvalue weighted by Crippen LogP contribution is 2.35. The average Bonchev–Trinajstić information content (AvgIpc) is 3.50. The lowest BCUT2D eigenvalue weighted by atomic mass is 10.0. The third-order valence-corrected chi connectivity index (χ3v) is 8.06. The van der Waals surface area contributed by atoms with Crippen LogP contribution in [0.15, 0.2) is 72.8 Å². The van der Waals surface area contributed by atoms with Crippen molar-refractivity contribution in [3.63, 3.8) is 0 Å². The number of halogens is 5. The molecule has 2 heterocycles. The van der Waals surface area contributed by atoms with Crippen LogP contribution in [0.2, 0.25) is 5.02 Å². The number of fused-ring (bicyclic) bond motifs is 1. The first-order valence-corrected chi connectivity index (χ1v) is 13.5. The highest BCUT2D eigenvalue weighted by molar-refractivity contribution is 6.33. The van der Waals surface area contributed by atoms with Crippen molar-refractivity contribution in [3.05, 3.63) is 106 Å². The Labute approximate surface area is 234 Å². The Bertz CT molecular complexity index is 1350. The van der Waals surface area contributed by atoms with Crippen molar-refractivity contribution >= 4 is 23.4 Å². The minimum atomic E-state index is -4.64. The van der Waals surface area contributed by atoms with Crippen LogP contribution in [-0.2, 0) is 6.18 Å². The molecule has 2 aliphatic rings. The molecule has 0 radical (unpaired) electrons. The van der Waals surface area contributed by atoms with E-state index in [0.717, 1.165) is 24.7 Å². The van der Waals surface area contributed by atoms with Crippen molar-refractivity contribution in [2.45, 2.75) is 18.6 Å². The van der Waals surface area contributed by atoms with Crippen molar-refractivity contribution in [2.24, 2.45) is 11.8 Å². The summed E-state index contributed by atoms with van der Waals surface area (Å²) in [7, 11) is 0. The number of likely N-dealkylation sites (tertiary alicyclic amines) is 2. The molecule has 0 aromatic heterocycles. The van der Waals surface area contributed by atoms with Crippen LogP contribution < -0.4 is 5.32 Å². The van der Waals surface area contributed by atoms with E-state index in [2.05, 4.69) is 10.2 Å². The number of carbonyl (C=O) groups is 2. The molecule has 2 fully saturated rings. The van der Waals surface area contributed by atoms with Gasteiger partial charge in [-0.15, -0.1) is 0 Å². The predicted molar refractivity (Wildman–Crippen MR) is 143 cm³/mol. The van der Waals surface area contributed by atoms with Gasteiger partial charge in [-0.05, 0) is 48.1 Å². The Balaban J connectivity index is 1.22. The van der Waals surface area contributed by atoms with Crippen LogP contribution in [0.5, 0.6) is 0 Å². The minimum Gasteiger partial charge on any atom is -0.345 e. The molecule has 10 heteroatoms. The number of hydrogen-bond acceptors (Lipinski definition) is 3. The number of hydrogen-bond donors (Lipinski definition) is 1. The van der Waals surface area contributed by atoms with Crippen molar-refractivity contribution < 1.29 is 27.2 Å². The van der Waals surface area contributed by atoms with Crippen LogP contribution in [0.25, 0.3) is 0 Å². The summed E-state index contributed by atoms with van der Waals surface area (Å²) >= 11 is 6.09. The van der Waals surface area contributed by atoms with Gasteiger partial charge in [-0.2, -0.15) is 13.2 Å². The second kappa shape index (κ2) is 11.6. The van der Waals surface area contributed by atoms with Gasteiger partial charge in [-0.1, -0.05) is 60.1 Å². The van der Waals surface area contributed by atoms with Gasteiger partial charge in [-0.3, -0.25) is 9.59 Å². The molecule has 2 amide bonds. The Morgan fingerprint density at radius 1 is 0.900 bits per heavy atom. The van der Waals surface area contributed by atoms with E-state index in [1.165, 1.54) is 36.4 Å². The second-order valence-corrected chi connectivity index (χ2v) is 10.8. The summed E-state index contributed by atoms with van der Waals surface area (Å²) < 4.78 is 54.8. The largest absolute Gasteiger partial charge is 0.417 e. The molecular formula is C30H28ClF4N3O2. The third kappa shape index (κ3) is 6.00. The maximum absolute atomic E-state index is 14.3. The Hall–Kier alpha value is -3.43. The summed E-state index contributed by atoms with van der Waals surface area (Å²) in [5.41, 5.74) is -0.679. The first kappa shape index (κ1) is 28.1. The average molecular weight is 574 g/mol. The highest BCUT2D eigenvalue weighted by atomic mass is 35.5. The van der Waals surface area contributed by atoms with Crippen molar-refractivity contribution in [1.82, 2.24) is 15.1 Å². The van der Waals surface area contributed by atoms with E-state index < -0.39 is 41.0 Å². The van der Waals surface area contributed by atoms with Crippen molar-refractivity contribution in [1.29, 1.82) is 0 Å². The first-order chi connectivity index (χ1) is 19.1. The lowest BCUT2D eigenvalue weighted by Crippen LogP contribution is -2.36. The van der Waals surface area contributed by atoms with Crippen LogP contribution in [0.1, 0.15) is 44.3 Å². The van der Waals surface area contributed by atoms with Gasteiger partial charge in [-0.25, -0.2) is 4.39 Å². The maximum Gasteiger partial charge on any atom is 0.417 e. The first-order valence-electron chi connectivity index (χ1n) is 13.1. The topological polar surface area (TPSA) is 52.7 Å². The molecule has 0 aliphatic carbocycles. The minimum absolute atomic E-state index is 0.0931. The molecule has 5 rings (SSSR count). The fraction of sp³-hybridized carbons (Fsp3) is 0.333. The molecule has 2 unspecified atom stereocenters. The molecule has 2 aliphatic heterocycles. The van der Waals surface area contributed by atoms with Gasteiger partial charge in [0, 0.05) is 32.7 Å². The van der Waals surface area contributed by atoms with E-state index >= 15 is 0 Å². The summed E-state index contributed by atoms with van der Waals surface area (Å²) in [4.78, 5) is 29.9. The zero-order valence-corrected chi connectivity index (χ0v) is 22.3. The van der Waals surface area contributed by atoms with Crippen molar-refractivity contribution in [3.8, 4) is 0 Å². The molecular weight excluding hydrogens is 546 g/mol. The van der Waals surface area contributed by atoms with Gasteiger partial charge in [0.2, 0.25) is 0 Å². The maximum atomic E-state index is 14.3. The summed E-state index contributed by atoms with van der Waals surface area (Å²) in [5.74, 6) is -1.38. The molecule has 0 saturated carbocycles. The summed E-state index contributed by atoms with van der Waals surface area (Å²) in [6.07, 6.45) is -4.15. The quantitative estimate of drug-likeness (QED) is 0.350. The SMILES string of the molecule is O=C(NC(CCN1CC2CN(C(=O)c3c(F)cccc3Cl)C[C@@H]2C1)c1ccccc1)c1ccccc1C(F)(F)F. The van der Waals surface area contributed by atoms with Crippen LogP contribution in [0.4, 0.5) is 17.6 Å². The smallest absolute Gasteiger partial charge is 0.345 e. The number of rotatable bonds is 7. The number of alkyl halides is 3. The van der Waals surface area contributed by atoms with E-state index in [0.29, 0.717) is 26.1 Å². The fourth-order valence-corrected chi connectivity index (χ4v) is 6.03. The van der Waals surface area contributed by atoms with Gasteiger partial charge in [0.15, 0.2) is 0 Å². The number of nitrogens with zero attached hydrogens (tertiary/aromatic N) is 2. The van der Waals surface area contributed by atoms with Crippen LogP contribution in [0.3, 0.4) is 0 Å². The van der Waals surface area contributed by atoms with Gasteiger partial charge in [0.1, 0.15) is 5.82 Å². The predicted octanol–water partition coefficient (Wildman–Crippen LogP) is 6.06. The number of nitrogens with one attached hydrogen (secondary N) is 1. The molecule has 3 aromatic carbocycles. The lowest BCUT2D eigenvalue weighted by Gasteiger charge is -2.25. The summed E-state index contributed by atoms with van der Waals surface area (Å²) in [6, 6.07) is 17.6. The molecule has 0 bridgehead atoms. The van der Waals surface area contributed by atoms with E-state index in [4.69, 9.17) is 11.6 Å². The van der Waals surface area contributed by atoms with E-state index in [1.807, 2.05) is 30.3 Å². The van der Waals surface area contributed by atoms with Crippen LogP contribution >= 0.6 is 11.6 Å². The van der Waals surface area contributed by atoms with E-state index in [-0.39, 0.29) is 22.4 Å². The number of amides is 2. The molecule has 210 valence electrons. The highest BCUT2D eigenvalue weighted by Gasteiger charge is 2.42. The molecule has 2 saturated heterocycles. The number of carbonyl (C=O) groups excluding carboxylic acids is 2. The molecule has 1 N–H and O–H groups in total. The Morgan fingerprint density at radius 2 is 1.55 bits per heavy atom. The van der Waals surface area contributed by atoms with Crippen LogP contribution in [0, 0.1) is 17.7 Å². The second-order valence-electron chi connectivity index (χ2n) is 10.4. The molecule has 40 heavy (non-hydrogen) atoms. The normalized spacial score (nSPS) is 19.9. The van der Waals surface area contributed by atoms with Gasteiger partial charge >= 0.3 is 6.18 Å². The monoisotopic (exact) mass is 573 g/mol. The van der Waals surface area contributed by atoms with Crippen LogP contribution in [-0.4, -0.2) is 54.3 Å². The Morgan fingerprint density at radius 3 is 2.20 bits per heavy atom. The summed E-state index contributed by atoms with van der Waals surface area (Å²) in [6.45, 7) is 3.06. The summed E-state index contributed by atoms with van der Waals surface area (Å²) in [5, 5.41) is 2.91. The molecule has 3 aromatic rings. The van der Waals surface area contributed by atoms with Gasteiger partial charge < -0.3 is 15.1 Å². The van der Waals surface area contributed by atoms with Gasteiger partial charge in [0.05, 0.1) is 27.8 Å². The lowest BCUT2D eigenvalue weighted by molar-refractivity contribution is -0.137. The molecule has 0 spiro atoms. The number of benzene rings is 3. The molecule has 5 nitrogen and oxygen atoms in total. The van der Waals surface area contributed by atoms with Gasteiger partial charge in [0.25, 0.3) is 11.8 Å². The fourth-order valence-electron chi connectivity index (χ4n) is 5.78. The Kier molecular flexibility index (Phi) is 8.14. The molecule has 3 atom stereocenters. The third-order valence-electron chi connectivity index (χ3n) is 7.74. The van der Waals surface area contributed by atoms with Crippen molar-refractivity contribution in [2.75, 3.05) is 32.7 Å².